The van der Waals surface area contributed by atoms with Gasteiger partial charge in [-0.1, -0.05) is 96.0 Å². The van der Waals surface area contributed by atoms with Crippen LogP contribution in [0.15, 0.2) is 71.8 Å². The number of fused-ring (bicyclic) bond motifs is 5. The lowest BCUT2D eigenvalue weighted by atomic mass is 9.40. The summed E-state index contributed by atoms with van der Waals surface area (Å²) in [6.07, 6.45) is -3.63. The van der Waals surface area contributed by atoms with E-state index in [-0.39, 0.29) is 30.9 Å². The minimum Gasteiger partial charge on any atom is -0.455 e. The second-order valence-corrected chi connectivity index (χ2v) is 17.8. The third-order valence-electron chi connectivity index (χ3n) is 14.1. The van der Waals surface area contributed by atoms with Crippen molar-refractivity contribution in [2.75, 3.05) is 6.61 Å². The van der Waals surface area contributed by atoms with Gasteiger partial charge in [0.1, 0.15) is 12.1 Å². The molecule has 1 saturated heterocycles. The molecule has 1 heterocycles. The maximum atomic E-state index is 15.1. The molecular weight excluding hydrogens is 743 g/mol. The summed E-state index contributed by atoms with van der Waals surface area (Å²) in [7, 11) is 0. The van der Waals surface area contributed by atoms with Crippen LogP contribution in [0.3, 0.4) is 0 Å². The van der Waals surface area contributed by atoms with Crippen LogP contribution in [-0.4, -0.2) is 82.5 Å². The molecule has 58 heavy (non-hydrogen) atoms. The van der Waals surface area contributed by atoms with E-state index in [2.05, 4.69) is 5.32 Å². The van der Waals surface area contributed by atoms with Crippen LogP contribution in [0.1, 0.15) is 116 Å². The minimum absolute atomic E-state index is 0.0331. The molecule has 12 heteroatoms. The van der Waals surface area contributed by atoms with Crippen LogP contribution in [0.25, 0.3) is 0 Å². The van der Waals surface area contributed by atoms with E-state index in [1.54, 1.807) is 88.4 Å². The Kier molecular flexibility index (Phi) is 12.2. The van der Waals surface area contributed by atoms with E-state index in [1.165, 1.54) is 6.92 Å². The Morgan fingerprint density at radius 3 is 2.19 bits per heavy atom. The van der Waals surface area contributed by atoms with Gasteiger partial charge in [-0.05, 0) is 60.9 Å². The number of aliphatic hydroxyl groups excluding tert-OH is 1. The van der Waals surface area contributed by atoms with E-state index >= 15 is 4.79 Å². The molecule has 2 aromatic carbocycles. The number of carbonyl (C=O) groups is 5. The number of hydrogen-bond acceptors (Lipinski definition) is 11. The molecule has 2 bridgehead atoms. The summed E-state index contributed by atoms with van der Waals surface area (Å²) in [5.41, 5.74) is -3.51. The van der Waals surface area contributed by atoms with Crippen LogP contribution in [0, 0.1) is 28.1 Å². The SMILES string of the molecule is CCCCCC(=O)O[C@@H](C(=O)O[C@H]1C[C@@]2(O)[C@@H](C)C3[C@]4(C)CO[C@@H]4C[C@H](O)[C@@]3(C)C(=O)[C@H](OC(C)=O)C(=C1C)C2(C)C)[C@@H](NC(=O)c1ccccc1)c1ccccc1. The highest BCUT2D eigenvalue weighted by Crippen LogP contribution is 2.67. The van der Waals surface area contributed by atoms with Gasteiger partial charge in [-0.15, -0.1) is 0 Å². The van der Waals surface area contributed by atoms with E-state index in [1.807, 2.05) is 20.8 Å². The van der Waals surface area contributed by atoms with Gasteiger partial charge in [-0.25, -0.2) is 4.79 Å². The highest BCUT2D eigenvalue weighted by Gasteiger charge is 2.73. The quantitative estimate of drug-likeness (QED) is 0.0997. The normalized spacial score (nSPS) is 33.4. The fraction of sp³-hybridized carbons (Fsp3) is 0.587. The fourth-order valence-electron chi connectivity index (χ4n) is 10.8. The summed E-state index contributed by atoms with van der Waals surface area (Å²) in [5, 5.41) is 28.0. The molecule has 2 saturated carbocycles. The van der Waals surface area contributed by atoms with E-state index in [0.717, 1.165) is 12.8 Å². The molecule has 0 radical (unpaired) electrons. The number of unbranched alkanes of at least 4 members (excludes halogenated alkanes) is 2. The Labute approximate surface area is 341 Å². The predicted molar refractivity (Wildman–Crippen MR) is 213 cm³/mol. The number of esters is 3. The Bertz CT molecular complexity index is 1930. The van der Waals surface area contributed by atoms with Crippen molar-refractivity contribution in [3.63, 3.8) is 0 Å². The van der Waals surface area contributed by atoms with E-state index < -0.39 is 93.7 Å². The second-order valence-electron chi connectivity index (χ2n) is 17.8. The minimum atomic E-state index is -1.70. The molecule has 4 aliphatic rings. The predicted octanol–water partition coefficient (Wildman–Crippen LogP) is 5.98. The molecule has 3 fully saturated rings. The molecule has 1 aliphatic heterocycles. The van der Waals surface area contributed by atoms with E-state index in [0.29, 0.717) is 29.7 Å². The molecule has 0 spiro atoms. The third-order valence-corrected chi connectivity index (χ3v) is 14.1. The van der Waals surface area contributed by atoms with E-state index in [9.17, 15) is 29.4 Å². The molecule has 11 atom stereocenters. The fourth-order valence-corrected chi connectivity index (χ4v) is 10.8. The summed E-state index contributed by atoms with van der Waals surface area (Å²) >= 11 is 0. The second kappa shape index (κ2) is 16.3. The number of ketones is 1. The van der Waals surface area contributed by atoms with E-state index in [4.69, 9.17) is 18.9 Å². The lowest BCUT2D eigenvalue weighted by Crippen LogP contribution is -2.75. The number of nitrogens with one attached hydrogen (secondary N) is 1. The molecule has 3 N–H and O–H groups in total. The van der Waals surface area contributed by atoms with Crippen LogP contribution >= 0.6 is 0 Å². The van der Waals surface area contributed by atoms with Crippen molar-refractivity contribution < 1.29 is 53.1 Å². The van der Waals surface area contributed by atoms with Crippen LogP contribution in [0.5, 0.6) is 0 Å². The van der Waals surface area contributed by atoms with Crippen LogP contribution in [-0.2, 0) is 38.1 Å². The molecular formula is C46H59NO11. The zero-order valence-corrected chi connectivity index (χ0v) is 34.9. The molecule has 1 amide bonds. The van der Waals surface area contributed by atoms with Gasteiger partial charge < -0.3 is 34.5 Å². The zero-order valence-electron chi connectivity index (χ0n) is 34.9. The molecule has 2 aromatic rings. The first kappa shape index (κ1) is 43.2. The molecule has 1 unspecified atom stereocenters. The van der Waals surface area contributed by atoms with Crippen LogP contribution in [0.2, 0.25) is 0 Å². The van der Waals surface area contributed by atoms with Crippen LogP contribution in [0.4, 0.5) is 0 Å². The summed E-state index contributed by atoms with van der Waals surface area (Å²) in [6.45, 7) is 14.4. The maximum absolute atomic E-state index is 15.1. The summed E-state index contributed by atoms with van der Waals surface area (Å²) < 4.78 is 24.2. The maximum Gasteiger partial charge on any atom is 0.350 e. The monoisotopic (exact) mass is 801 g/mol. The lowest BCUT2D eigenvalue weighted by Gasteiger charge is -2.68. The number of Topliss-reactive ketones (excluding diaryl/α,β-unsaturated/α-hetero) is 1. The molecule has 3 aliphatic carbocycles. The molecule has 314 valence electrons. The largest absolute Gasteiger partial charge is 0.455 e. The molecule has 6 rings (SSSR count). The van der Waals surface area contributed by atoms with Gasteiger partial charge in [0.05, 0.1) is 29.8 Å². The van der Waals surface area contributed by atoms with Gasteiger partial charge in [0.25, 0.3) is 5.91 Å². The topological polar surface area (TPSA) is 175 Å². The first-order chi connectivity index (χ1) is 27.3. The van der Waals surface area contributed by atoms with Crippen molar-refractivity contribution in [1.82, 2.24) is 5.32 Å². The van der Waals surface area contributed by atoms with Gasteiger partial charge in [0, 0.05) is 42.6 Å². The first-order valence-corrected chi connectivity index (χ1v) is 20.6. The van der Waals surface area contributed by atoms with Gasteiger partial charge in [-0.2, -0.15) is 0 Å². The highest BCUT2D eigenvalue weighted by atomic mass is 16.6. The number of carbonyl (C=O) groups excluding carboxylic acids is 5. The number of hydrogen-bond donors (Lipinski definition) is 3. The number of amides is 1. The Hall–Kier alpha value is -4.39. The Morgan fingerprint density at radius 2 is 1.60 bits per heavy atom. The first-order valence-electron chi connectivity index (χ1n) is 20.6. The van der Waals surface area contributed by atoms with Gasteiger partial charge in [0.2, 0.25) is 6.10 Å². The number of benzene rings is 2. The number of rotatable bonds is 12. The standard InChI is InChI=1S/C46H59NO11/c1-9-10-13-22-34(50)58-38(36(29-18-14-11-15-19-29)47-41(52)30-20-16-12-17-21-30)42(53)57-31-24-46(54)27(3)39-44(7)25-55-33(44)23-32(49)45(39,8)40(51)37(56-28(4)48)35(26(31)2)43(46,5)6/h11-12,14-21,27,31-33,36-39,49,54H,9-10,13,22-25H2,1-8H3,(H,47,52)/t27-,31-,32-,33+,36-,37+,38+,39?,44+,45+,46+/m0/s1. The van der Waals surface area contributed by atoms with Gasteiger partial charge in [-0.3, -0.25) is 19.2 Å². The third kappa shape index (κ3) is 7.30. The van der Waals surface area contributed by atoms with Crippen molar-refractivity contribution in [3.05, 3.63) is 82.9 Å². The van der Waals surface area contributed by atoms with Crippen molar-refractivity contribution in [1.29, 1.82) is 0 Å². The van der Waals surface area contributed by atoms with Crippen LogP contribution < -0.4 is 5.32 Å². The highest BCUT2D eigenvalue weighted by molar-refractivity contribution is 5.96. The average Bonchev–Trinajstić information content (AvgIpc) is 3.18. The zero-order chi connectivity index (χ0) is 42.4. The van der Waals surface area contributed by atoms with Crippen molar-refractivity contribution in [3.8, 4) is 0 Å². The Morgan fingerprint density at radius 1 is 0.966 bits per heavy atom. The molecule has 0 aromatic heterocycles. The molecule has 12 nitrogen and oxygen atoms in total. The average molecular weight is 802 g/mol. The summed E-state index contributed by atoms with van der Waals surface area (Å²) in [4.78, 5) is 70.0. The Balaban J connectivity index is 1.46. The van der Waals surface area contributed by atoms with Gasteiger partial charge in [0.15, 0.2) is 11.9 Å². The number of ether oxygens (including phenoxy) is 4. The number of aliphatic hydroxyl groups is 2. The van der Waals surface area contributed by atoms with Gasteiger partial charge >= 0.3 is 17.9 Å². The lowest BCUT2D eigenvalue weighted by molar-refractivity contribution is -0.302. The van der Waals surface area contributed by atoms with Crippen molar-refractivity contribution in [2.24, 2.45) is 28.1 Å². The van der Waals surface area contributed by atoms with Crippen molar-refractivity contribution >= 4 is 29.6 Å². The summed E-state index contributed by atoms with van der Waals surface area (Å²) in [6, 6.07) is 16.0. The van der Waals surface area contributed by atoms with Crippen molar-refractivity contribution in [2.45, 2.75) is 136 Å². The summed E-state index contributed by atoms with van der Waals surface area (Å²) in [5.74, 6) is -4.69. The smallest absolute Gasteiger partial charge is 0.350 e.